The Hall–Kier alpha value is -1.07. The molecule has 1 aliphatic rings. The zero-order valence-electron chi connectivity index (χ0n) is 13.7. The van der Waals surface area contributed by atoms with E-state index in [-0.39, 0.29) is 23.5 Å². The molecule has 0 aromatic heterocycles. The van der Waals surface area contributed by atoms with Gasteiger partial charge in [-0.3, -0.25) is 4.79 Å². The Morgan fingerprint density at radius 3 is 2.73 bits per heavy atom. The van der Waals surface area contributed by atoms with Gasteiger partial charge in [0, 0.05) is 23.6 Å². The maximum absolute atomic E-state index is 12.9. The molecule has 4 nitrogen and oxygen atoms in total. The van der Waals surface area contributed by atoms with Crippen LogP contribution < -0.4 is 10.5 Å². The van der Waals surface area contributed by atoms with Crippen LogP contribution in [0.15, 0.2) is 22.7 Å². The van der Waals surface area contributed by atoms with Crippen molar-refractivity contribution in [3.05, 3.63) is 28.2 Å². The van der Waals surface area contributed by atoms with E-state index in [1.165, 1.54) is 0 Å². The van der Waals surface area contributed by atoms with E-state index in [2.05, 4.69) is 29.8 Å². The first-order valence-electron chi connectivity index (χ1n) is 7.72. The Labute approximate surface area is 141 Å². The second-order valence-corrected chi connectivity index (χ2v) is 7.83. The lowest BCUT2D eigenvalue weighted by Gasteiger charge is -2.42. The summed E-state index contributed by atoms with van der Waals surface area (Å²) in [6.07, 6.45) is 0.849. The van der Waals surface area contributed by atoms with E-state index in [0.717, 1.165) is 10.9 Å². The van der Waals surface area contributed by atoms with E-state index < -0.39 is 0 Å². The lowest BCUT2D eigenvalue weighted by Crippen LogP contribution is -2.54. The number of carbonyl (C=O) groups excluding carboxylic acids is 1. The summed E-state index contributed by atoms with van der Waals surface area (Å²) in [5.41, 5.74) is 6.71. The average molecular weight is 369 g/mol. The molecule has 1 saturated heterocycles. The van der Waals surface area contributed by atoms with Crippen LogP contribution in [0, 0.1) is 5.41 Å². The number of hydrogen-bond acceptors (Lipinski definition) is 3. The largest absolute Gasteiger partial charge is 0.490 e. The van der Waals surface area contributed by atoms with Crippen molar-refractivity contribution in [1.82, 2.24) is 4.90 Å². The van der Waals surface area contributed by atoms with Gasteiger partial charge >= 0.3 is 0 Å². The molecule has 5 heteroatoms. The molecule has 0 spiro atoms. The Bertz CT molecular complexity index is 558. The summed E-state index contributed by atoms with van der Waals surface area (Å²) in [6, 6.07) is 5.69. The molecule has 1 aromatic carbocycles. The molecule has 0 aliphatic carbocycles. The SMILES string of the molecule is CC(C)Oc1cc(Br)ccc1C(=O)N1CCC(N)C(C)(C)C1. The highest BCUT2D eigenvalue weighted by Crippen LogP contribution is 2.31. The number of piperidine rings is 1. The van der Waals surface area contributed by atoms with E-state index >= 15 is 0 Å². The summed E-state index contributed by atoms with van der Waals surface area (Å²) >= 11 is 3.44. The number of nitrogens with two attached hydrogens (primary N) is 1. The molecular formula is C17H25BrN2O2. The van der Waals surface area contributed by atoms with E-state index in [1.54, 1.807) is 0 Å². The number of ether oxygens (including phenoxy) is 1. The fraction of sp³-hybridized carbons (Fsp3) is 0.588. The Morgan fingerprint density at radius 1 is 1.45 bits per heavy atom. The second kappa shape index (κ2) is 6.59. The lowest BCUT2D eigenvalue weighted by molar-refractivity contribution is 0.0527. The van der Waals surface area contributed by atoms with Gasteiger partial charge in [-0.1, -0.05) is 29.8 Å². The van der Waals surface area contributed by atoms with Crippen molar-refractivity contribution in [1.29, 1.82) is 0 Å². The number of benzene rings is 1. The summed E-state index contributed by atoms with van der Waals surface area (Å²) in [4.78, 5) is 14.8. The molecule has 1 heterocycles. The van der Waals surface area contributed by atoms with Gasteiger partial charge in [-0.2, -0.15) is 0 Å². The van der Waals surface area contributed by atoms with Crippen LogP contribution in [-0.2, 0) is 0 Å². The van der Waals surface area contributed by atoms with E-state index in [0.29, 0.717) is 24.4 Å². The van der Waals surface area contributed by atoms with E-state index in [9.17, 15) is 4.79 Å². The van der Waals surface area contributed by atoms with Gasteiger partial charge in [0.25, 0.3) is 5.91 Å². The molecular weight excluding hydrogens is 344 g/mol. The molecule has 22 heavy (non-hydrogen) atoms. The summed E-state index contributed by atoms with van der Waals surface area (Å²) < 4.78 is 6.71. The summed E-state index contributed by atoms with van der Waals surface area (Å²) in [5.74, 6) is 0.644. The average Bonchev–Trinajstić information content (AvgIpc) is 2.40. The smallest absolute Gasteiger partial charge is 0.257 e. The Morgan fingerprint density at radius 2 is 2.14 bits per heavy atom. The second-order valence-electron chi connectivity index (χ2n) is 6.92. The molecule has 1 aliphatic heterocycles. The fourth-order valence-corrected chi connectivity index (χ4v) is 3.08. The third-order valence-corrected chi connectivity index (χ3v) is 4.63. The minimum Gasteiger partial charge on any atom is -0.490 e. The standard InChI is InChI=1S/C17H25BrN2O2/c1-11(2)22-14-9-12(18)5-6-13(14)16(21)20-8-7-15(19)17(3,4)10-20/h5-6,9,11,15H,7-8,10,19H2,1-4H3. The van der Waals surface area contributed by atoms with Crippen LogP contribution >= 0.6 is 15.9 Å². The predicted octanol–water partition coefficient (Wildman–Crippen LogP) is 3.44. The quantitative estimate of drug-likeness (QED) is 0.888. The van der Waals surface area contributed by atoms with Gasteiger partial charge in [-0.05, 0) is 43.9 Å². The van der Waals surface area contributed by atoms with Gasteiger partial charge in [-0.25, -0.2) is 0 Å². The third-order valence-electron chi connectivity index (χ3n) is 4.14. The van der Waals surface area contributed by atoms with Gasteiger partial charge in [0.1, 0.15) is 5.75 Å². The van der Waals surface area contributed by atoms with Gasteiger partial charge in [0.2, 0.25) is 0 Å². The zero-order valence-corrected chi connectivity index (χ0v) is 15.3. The Balaban J connectivity index is 2.26. The first kappa shape index (κ1) is 17.3. The Kier molecular flexibility index (Phi) is 5.17. The van der Waals surface area contributed by atoms with Crippen molar-refractivity contribution in [3.8, 4) is 5.75 Å². The highest BCUT2D eigenvalue weighted by Gasteiger charge is 2.36. The summed E-state index contributed by atoms with van der Waals surface area (Å²) in [7, 11) is 0. The number of amides is 1. The van der Waals surface area contributed by atoms with Crippen molar-refractivity contribution in [3.63, 3.8) is 0 Å². The first-order valence-corrected chi connectivity index (χ1v) is 8.51. The van der Waals surface area contributed by atoms with E-state index in [1.807, 2.05) is 36.9 Å². The molecule has 0 saturated carbocycles. The molecule has 2 N–H and O–H groups in total. The number of hydrogen-bond donors (Lipinski definition) is 1. The predicted molar refractivity (Wildman–Crippen MR) is 92.2 cm³/mol. The molecule has 1 fully saturated rings. The fourth-order valence-electron chi connectivity index (χ4n) is 2.74. The molecule has 122 valence electrons. The number of rotatable bonds is 3. The van der Waals surface area contributed by atoms with Crippen LogP contribution in [-0.4, -0.2) is 36.0 Å². The zero-order chi connectivity index (χ0) is 16.5. The van der Waals surface area contributed by atoms with Crippen molar-refractivity contribution >= 4 is 21.8 Å². The number of halogens is 1. The van der Waals surface area contributed by atoms with Crippen molar-refractivity contribution in [2.75, 3.05) is 13.1 Å². The highest BCUT2D eigenvalue weighted by atomic mass is 79.9. The molecule has 2 rings (SSSR count). The normalized spacial score (nSPS) is 21.0. The molecule has 0 bridgehead atoms. The summed E-state index contributed by atoms with van der Waals surface area (Å²) in [5, 5.41) is 0. The molecule has 1 atom stereocenters. The minimum absolute atomic E-state index is 0.0168. The first-order chi connectivity index (χ1) is 10.2. The molecule has 1 aromatic rings. The van der Waals surface area contributed by atoms with Crippen LogP contribution in [0.25, 0.3) is 0 Å². The number of nitrogens with zero attached hydrogens (tertiary/aromatic N) is 1. The monoisotopic (exact) mass is 368 g/mol. The topological polar surface area (TPSA) is 55.6 Å². The highest BCUT2D eigenvalue weighted by molar-refractivity contribution is 9.10. The maximum atomic E-state index is 12.9. The third kappa shape index (κ3) is 3.82. The van der Waals surface area contributed by atoms with Crippen molar-refractivity contribution in [2.45, 2.75) is 46.3 Å². The van der Waals surface area contributed by atoms with Crippen LogP contribution in [0.4, 0.5) is 0 Å². The van der Waals surface area contributed by atoms with E-state index in [4.69, 9.17) is 10.5 Å². The molecule has 1 unspecified atom stereocenters. The minimum atomic E-state index is -0.0671. The van der Waals surface area contributed by atoms with Crippen molar-refractivity contribution < 1.29 is 9.53 Å². The van der Waals surface area contributed by atoms with Gasteiger partial charge in [0.15, 0.2) is 0 Å². The number of likely N-dealkylation sites (tertiary alicyclic amines) is 1. The lowest BCUT2D eigenvalue weighted by atomic mass is 9.79. The maximum Gasteiger partial charge on any atom is 0.257 e. The van der Waals surface area contributed by atoms with Gasteiger partial charge in [0.05, 0.1) is 11.7 Å². The van der Waals surface area contributed by atoms with Gasteiger partial charge < -0.3 is 15.4 Å². The van der Waals surface area contributed by atoms with Gasteiger partial charge in [-0.15, -0.1) is 0 Å². The van der Waals surface area contributed by atoms with Crippen LogP contribution in [0.3, 0.4) is 0 Å². The van der Waals surface area contributed by atoms with Crippen LogP contribution in [0.2, 0.25) is 0 Å². The van der Waals surface area contributed by atoms with Crippen molar-refractivity contribution in [2.24, 2.45) is 11.1 Å². The molecule has 0 radical (unpaired) electrons. The van der Waals surface area contributed by atoms with Crippen LogP contribution in [0.1, 0.15) is 44.5 Å². The molecule has 1 amide bonds. The summed E-state index contributed by atoms with van der Waals surface area (Å²) in [6.45, 7) is 9.51. The van der Waals surface area contributed by atoms with Crippen LogP contribution in [0.5, 0.6) is 5.75 Å². The number of carbonyl (C=O) groups is 1.